The number of ether oxygens (including phenoxy) is 1. The van der Waals surface area contributed by atoms with Crippen LogP contribution in [0, 0.1) is 5.82 Å². The van der Waals surface area contributed by atoms with Crippen LogP contribution in [0.4, 0.5) is 4.39 Å². The predicted molar refractivity (Wildman–Crippen MR) is 91.7 cm³/mol. The first kappa shape index (κ1) is 16.5. The third kappa shape index (κ3) is 3.14. The fourth-order valence-electron chi connectivity index (χ4n) is 3.52. The number of nitrogens with one attached hydrogen (secondary N) is 1. The van der Waals surface area contributed by atoms with Crippen LogP contribution in [0.25, 0.3) is 0 Å². The van der Waals surface area contributed by atoms with Gasteiger partial charge in [-0.15, -0.1) is 0 Å². The Morgan fingerprint density at radius 2 is 1.83 bits per heavy atom. The number of benzene rings is 2. The minimum Gasteiger partial charge on any atom is -0.497 e. The molecule has 0 radical (unpaired) electrons. The maximum atomic E-state index is 13.2. The highest BCUT2D eigenvalue weighted by Crippen LogP contribution is 2.42. The zero-order valence-electron chi connectivity index (χ0n) is 14.2. The monoisotopic (exact) mass is 327 g/mol. The van der Waals surface area contributed by atoms with Gasteiger partial charge in [0.25, 0.3) is 0 Å². The van der Waals surface area contributed by atoms with Crippen molar-refractivity contribution in [3.05, 3.63) is 65.5 Å². The minimum atomic E-state index is -0.385. The van der Waals surface area contributed by atoms with Crippen LogP contribution in [0.15, 0.2) is 48.5 Å². The molecule has 1 amide bonds. The van der Waals surface area contributed by atoms with Gasteiger partial charge in [-0.3, -0.25) is 4.79 Å². The number of hydrogen-bond donors (Lipinski definition) is 1. The summed E-state index contributed by atoms with van der Waals surface area (Å²) in [5, 5.41) is 3.13. The summed E-state index contributed by atoms with van der Waals surface area (Å²) in [6.07, 6.45) is 0.678. The molecule has 24 heavy (non-hydrogen) atoms. The van der Waals surface area contributed by atoms with Gasteiger partial charge in [-0.2, -0.15) is 0 Å². The fraction of sp³-hybridized carbons (Fsp3) is 0.350. The Hall–Kier alpha value is -2.36. The molecule has 0 aromatic heterocycles. The lowest BCUT2D eigenvalue weighted by Gasteiger charge is -2.43. The van der Waals surface area contributed by atoms with E-state index < -0.39 is 0 Å². The van der Waals surface area contributed by atoms with Crippen molar-refractivity contribution in [3.63, 3.8) is 0 Å². The Morgan fingerprint density at radius 1 is 1.12 bits per heavy atom. The minimum absolute atomic E-state index is 0.0200. The van der Waals surface area contributed by atoms with E-state index in [9.17, 15) is 9.18 Å². The van der Waals surface area contributed by atoms with E-state index in [1.165, 1.54) is 12.1 Å². The average molecular weight is 327 g/mol. The van der Waals surface area contributed by atoms with E-state index >= 15 is 0 Å². The number of hydrogen-bond acceptors (Lipinski definition) is 2. The van der Waals surface area contributed by atoms with E-state index in [4.69, 9.17) is 4.74 Å². The van der Waals surface area contributed by atoms with Crippen LogP contribution in [0.1, 0.15) is 43.2 Å². The Bertz CT molecular complexity index is 740. The van der Waals surface area contributed by atoms with Gasteiger partial charge < -0.3 is 10.1 Å². The molecule has 1 aliphatic heterocycles. The molecule has 2 atom stereocenters. The highest BCUT2D eigenvalue weighted by Gasteiger charge is 2.42. The molecule has 1 N–H and O–H groups in total. The summed E-state index contributed by atoms with van der Waals surface area (Å²) >= 11 is 0. The molecular formula is C20H22FNO2. The molecule has 1 fully saturated rings. The van der Waals surface area contributed by atoms with Crippen molar-refractivity contribution >= 4 is 5.91 Å². The van der Waals surface area contributed by atoms with Crippen molar-refractivity contribution in [2.45, 2.75) is 37.6 Å². The summed E-state index contributed by atoms with van der Waals surface area (Å²) < 4.78 is 18.5. The number of amides is 1. The Balaban J connectivity index is 1.94. The molecule has 4 heteroatoms. The average Bonchev–Trinajstić information content (AvgIpc) is 2.55. The SMILES string of the molecule is COc1cccc(C2CC(c3ccc(F)cc3)C(C)(C)NC2=O)c1. The molecule has 2 unspecified atom stereocenters. The van der Waals surface area contributed by atoms with Crippen LogP contribution in [-0.2, 0) is 4.79 Å². The summed E-state index contributed by atoms with van der Waals surface area (Å²) in [5.74, 6) is 0.367. The van der Waals surface area contributed by atoms with Gasteiger partial charge in [0.1, 0.15) is 11.6 Å². The van der Waals surface area contributed by atoms with Gasteiger partial charge in [-0.25, -0.2) is 4.39 Å². The second kappa shape index (κ2) is 6.27. The van der Waals surface area contributed by atoms with E-state index in [1.54, 1.807) is 7.11 Å². The van der Waals surface area contributed by atoms with Gasteiger partial charge in [0.2, 0.25) is 5.91 Å². The topological polar surface area (TPSA) is 38.3 Å². The highest BCUT2D eigenvalue weighted by atomic mass is 19.1. The molecule has 3 rings (SSSR count). The molecule has 1 saturated heterocycles. The standard InChI is InChI=1S/C20H22FNO2/c1-20(2)18(13-7-9-15(21)10-8-13)12-17(19(23)22-20)14-5-4-6-16(11-14)24-3/h4-11,17-18H,12H2,1-3H3,(H,22,23). The van der Waals surface area contributed by atoms with Crippen LogP contribution in [-0.4, -0.2) is 18.6 Å². The van der Waals surface area contributed by atoms with Crippen LogP contribution in [0.5, 0.6) is 5.75 Å². The molecule has 2 aromatic rings. The van der Waals surface area contributed by atoms with Crippen molar-refractivity contribution in [1.29, 1.82) is 0 Å². The first-order valence-corrected chi connectivity index (χ1v) is 8.12. The number of carbonyl (C=O) groups is 1. The number of rotatable bonds is 3. The highest BCUT2D eigenvalue weighted by molar-refractivity contribution is 5.85. The van der Waals surface area contributed by atoms with Gasteiger partial charge in [-0.1, -0.05) is 24.3 Å². The number of halogens is 1. The predicted octanol–water partition coefficient (Wildman–Crippen LogP) is 4.00. The van der Waals surface area contributed by atoms with Crippen molar-refractivity contribution in [2.24, 2.45) is 0 Å². The molecule has 0 aliphatic carbocycles. The second-order valence-electron chi connectivity index (χ2n) is 6.88. The van der Waals surface area contributed by atoms with Crippen LogP contribution in [0.2, 0.25) is 0 Å². The lowest BCUT2D eigenvalue weighted by atomic mass is 9.71. The van der Waals surface area contributed by atoms with Crippen LogP contribution < -0.4 is 10.1 Å². The second-order valence-corrected chi connectivity index (χ2v) is 6.88. The molecule has 2 aromatic carbocycles. The molecule has 1 heterocycles. The molecular weight excluding hydrogens is 305 g/mol. The maximum Gasteiger partial charge on any atom is 0.227 e. The van der Waals surface area contributed by atoms with Crippen molar-refractivity contribution in [3.8, 4) is 5.75 Å². The van der Waals surface area contributed by atoms with Crippen LogP contribution in [0.3, 0.4) is 0 Å². The van der Waals surface area contributed by atoms with Gasteiger partial charge in [0, 0.05) is 11.5 Å². The van der Waals surface area contributed by atoms with Crippen molar-refractivity contribution in [1.82, 2.24) is 5.32 Å². The van der Waals surface area contributed by atoms with E-state index in [-0.39, 0.29) is 29.1 Å². The summed E-state index contributed by atoms with van der Waals surface area (Å²) in [6, 6.07) is 14.2. The quantitative estimate of drug-likeness (QED) is 0.925. The first-order valence-electron chi connectivity index (χ1n) is 8.12. The molecule has 126 valence electrons. The van der Waals surface area contributed by atoms with Gasteiger partial charge in [0.15, 0.2) is 0 Å². The van der Waals surface area contributed by atoms with E-state index in [0.717, 1.165) is 16.9 Å². The molecule has 1 aliphatic rings. The van der Waals surface area contributed by atoms with Crippen LogP contribution >= 0.6 is 0 Å². The Labute approximate surface area is 141 Å². The largest absolute Gasteiger partial charge is 0.497 e. The number of carbonyl (C=O) groups excluding carboxylic acids is 1. The third-order valence-electron chi connectivity index (χ3n) is 4.87. The van der Waals surface area contributed by atoms with Gasteiger partial charge >= 0.3 is 0 Å². The smallest absolute Gasteiger partial charge is 0.227 e. The van der Waals surface area contributed by atoms with Crippen molar-refractivity contribution in [2.75, 3.05) is 7.11 Å². The van der Waals surface area contributed by atoms with E-state index in [2.05, 4.69) is 5.32 Å². The summed E-state index contributed by atoms with van der Waals surface area (Å²) in [5.41, 5.74) is 1.59. The number of methoxy groups -OCH3 is 1. The molecule has 0 bridgehead atoms. The Morgan fingerprint density at radius 3 is 2.50 bits per heavy atom. The maximum absolute atomic E-state index is 13.2. The van der Waals surface area contributed by atoms with E-state index in [1.807, 2.05) is 50.2 Å². The summed E-state index contributed by atoms with van der Waals surface area (Å²) in [4.78, 5) is 12.6. The first-order chi connectivity index (χ1) is 11.4. The third-order valence-corrected chi connectivity index (χ3v) is 4.87. The van der Waals surface area contributed by atoms with Gasteiger partial charge in [0.05, 0.1) is 13.0 Å². The molecule has 3 nitrogen and oxygen atoms in total. The number of piperidine rings is 1. The molecule has 0 spiro atoms. The zero-order valence-corrected chi connectivity index (χ0v) is 14.2. The van der Waals surface area contributed by atoms with E-state index in [0.29, 0.717) is 6.42 Å². The fourth-order valence-corrected chi connectivity index (χ4v) is 3.52. The Kier molecular flexibility index (Phi) is 4.31. The van der Waals surface area contributed by atoms with Crippen molar-refractivity contribution < 1.29 is 13.9 Å². The lowest BCUT2D eigenvalue weighted by molar-refractivity contribution is -0.127. The summed E-state index contributed by atoms with van der Waals surface area (Å²) in [7, 11) is 1.62. The molecule has 0 saturated carbocycles. The summed E-state index contributed by atoms with van der Waals surface area (Å²) in [6.45, 7) is 4.03. The zero-order chi connectivity index (χ0) is 17.3. The lowest BCUT2D eigenvalue weighted by Crippen LogP contribution is -2.54. The normalized spacial score (nSPS) is 22.8. The van der Waals surface area contributed by atoms with Gasteiger partial charge in [-0.05, 0) is 55.7 Å².